The normalized spacial score (nSPS) is 10.3. The van der Waals surface area contributed by atoms with Crippen LogP contribution in [0.2, 0.25) is 5.02 Å². The van der Waals surface area contributed by atoms with Crippen molar-refractivity contribution in [1.29, 1.82) is 0 Å². The van der Waals surface area contributed by atoms with Crippen molar-refractivity contribution in [1.82, 2.24) is 10.6 Å². The Balaban J connectivity index is 0.00000242. The minimum atomic E-state index is 0. The number of halogens is 2. The summed E-state index contributed by atoms with van der Waals surface area (Å²) in [5, 5.41) is 8.82. The lowest BCUT2D eigenvalue weighted by atomic mass is 10.1. The van der Waals surface area contributed by atoms with Gasteiger partial charge in [0.25, 0.3) is 0 Å². The van der Waals surface area contributed by atoms with Crippen LogP contribution in [0.5, 0.6) is 0 Å². The SMILES string of the molecule is CNCCCNC(=O)CSc1cccc2cccc(Cl)c12.Cl. The van der Waals surface area contributed by atoms with Crippen LogP contribution >= 0.6 is 35.8 Å². The number of fused-ring (bicyclic) bond motifs is 1. The van der Waals surface area contributed by atoms with Crippen molar-refractivity contribution in [2.45, 2.75) is 11.3 Å². The third-order valence-corrected chi connectivity index (χ3v) is 4.47. The topological polar surface area (TPSA) is 41.1 Å². The Labute approximate surface area is 146 Å². The summed E-state index contributed by atoms with van der Waals surface area (Å²) in [6.45, 7) is 1.61. The lowest BCUT2D eigenvalue weighted by Gasteiger charge is -2.08. The molecular formula is C16H20Cl2N2OS. The van der Waals surface area contributed by atoms with E-state index in [1.54, 1.807) is 0 Å². The van der Waals surface area contributed by atoms with Crippen molar-refractivity contribution in [2.24, 2.45) is 0 Å². The van der Waals surface area contributed by atoms with E-state index in [0.717, 1.165) is 33.7 Å². The van der Waals surface area contributed by atoms with Crippen molar-refractivity contribution in [2.75, 3.05) is 25.9 Å². The maximum atomic E-state index is 11.8. The van der Waals surface area contributed by atoms with Gasteiger partial charge in [-0.25, -0.2) is 0 Å². The van der Waals surface area contributed by atoms with E-state index in [9.17, 15) is 4.79 Å². The van der Waals surface area contributed by atoms with E-state index in [4.69, 9.17) is 11.6 Å². The third kappa shape index (κ3) is 5.36. The first kappa shape index (κ1) is 19.1. The second kappa shape index (κ2) is 9.95. The zero-order valence-corrected chi connectivity index (χ0v) is 14.8. The maximum absolute atomic E-state index is 11.8. The summed E-state index contributed by atoms with van der Waals surface area (Å²) in [6.07, 6.45) is 0.938. The highest BCUT2D eigenvalue weighted by atomic mass is 35.5. The Hall–Kier alpha value is -0.940. The first-order valence-corrected chi connectivity index (χ1v) is 8.30. The average Bonchev–Trinajstić information content (AvgIpc) is 2.49. The number of thioether (sulfide) groups is 1. The van der Waals surface area contributed by atoms with Gasteiger partial charge in [-0.05, 0) is 37.5 Å². The molecule has 2 rings (SSSR count). The second-order valence-corrected chi connectivity index (χ2v) is 6.11. The first-order chi connectivity index (χ1) is 10.2. The molecule has 22 heavy (non-hydrogen) atoms. The van der Waals surface area contributed by atoms with Crippen LogP contribution in [0.4, 0.5) is 0 Å². The highest BCUT2D eigenvalue weighted by molar-refractivity contribution is 8.00. The van der Waals surface area contributed by atoms with E-state index >= 15 is 0 Å². The standard InChI is InChI=1S/C16H19ClN2OS.ClH/c1-18-9-4-10-19-15(20)11-21-14-8-3-6-12-5-2-7-13(17)16(12)14;/h2-3,5-8,18H,4,9-11H2,1H3,(H,19,20);1H. The second-order valence-electron chi connectivity index (χ2n) is 4.69. The Morgan fingerprint density at radius 2 is 1.91 bits per heavy atom. The maximum Gasteiger partial charge on any atom is 0.230 e. The van der Waals surface area contributed by atoms with E-state index in [-0.39, 0.29) is 18.3 Å². The fourth-order valence-corrected chi connectivity index (χ4v) is 3.35. The number of nitrogens with one attached hydrogen (secondary N) is 2. The molecule has 2 aromatic rings. The summed E-state index contributed by atoms with van der Waals surface area (Å²) in [6, 6.07) is 11.9. The third-order valence-electron chi connectivity index (χ3n) is 3.10. The van der Waals surface area contributed by atoms with Gasteiger partial charge in [-0.3, -0.25) is 4.79 Å². The molecule has 0 spiro atoms. The number of hydrogen-bond acceptors (Lipinski definition) is 3. The molecule has 0 aliphatic rings. The van der Waals surface area contributed by atoms with Gasteiger partial charge in [-0.1, -0.05) is 35.9 Å². The minimum Gasteiger partial charge on any atom is -0.355 e. The molecule has 0 unspecified atom stereocenters. The predicted octanol–water partition coefficient (Wildman–Crippen LogP) is 3.73. The van der Waals surface area contributed by atoms with Gasteiger partial charge in [-0.2, -0.15) is 0 Å². The van der Waals surface area contributed by atoms with E-state index < -0.39 is 0 Å². The molecule has 0 aliphatic heterocycles. The summed E-state index contributed by atoms with van der Waals surface area (Å²) in [4.78, 5) is 12.9. The summed E-state index contributed by atoms with van der Waals surface area (Å²) in [5.74, 6) is 0.462. The summed E-state index contributed by atoms with van der Waals surface area (Å²) in [5.41, 5.74) is 0. The quantitative estimate of drug-likeness (QED) is 0.585. The molecule has 120 valence electrons. The van der Waals surface area contributed by atoms with E-state index in [1.165, 1.54) is 11.8 Å². The molecule has 0 fully saturated rings. The smallest absolute Gasteiger partial charge is 0.230 e. The van der Waals surface area contributed by atoms with Gasteiger partial charge in [0.05, 0.1) is 5.75 Å². The van der Waals surface area contributed by atoms with Crippen LogP contribution in [0.15, 0.2) is 41.3 Å². The molecule has 3 nitrogen and oxygen atoms in total. The highest BCUT2D eigenvalue weighted by Crippen LogP contribution is 2.32. The van der Waals surface area contributed by atoms with Crippen molar-refractivity contribution in [3.63, 3.8) is 0 Å². The number of carbonyl (C=O) groups excluding carboxylic acids is 1. The number of rotatable bonds is 7. The molecule has 0 aromatic heterocycles. The van der Waals surface area contributed by atoms with Crippen LogP contribution in [-0.2, 0) is 4.79 Å². The van der Waals surface area contributed by atoms with Crippen LogP contribution in [0.3, 0.4) is 0 Å². The Bertz CT molecular complexity index is 617. The Morgan fingerprint density at radius 3 is 2.64 bits per heavy atom. The first-order valence-electron chi connectivity index (χ1n) is 6.93. The molecule has 0 saturated carbocycles. The van der Waals surface area contributed by atoms with Gasteiger partial charge in [0.1, 0.15) is 0 Å². The van der Waals surface area contributed by atoms with E-state index in [2.05, 4.69) is 10.6 Å². The molecule has 0 heterocycles. The molecule has 2 N–H and O–H groups in total. The molecule has 0 aliphatic carbocycles. The van der Waals surface area contributed by atoms with Crippen molar-refractivity contribution in [3.05, 3.63) is 41.4 Å². The predicted molar refractivity (Wildman–Crippen MR) is 98.5 cm³/mol. The number of hydrogen-bond donors (Lipinski definition) is 2. The molecule has 2 aromatic carbocycles. The minimum absolute atomic E-state index is 0. The van der Waals surface area contributed by atoms with E-state index in [1.807, 2.05) is 43.4 Å². The molecule has 0 radical (unpaired) electrons. The van der Waals surface area contributed by atoms with Crippen LogP contribution < -0.4 is 10.6 Å². The average molecular weight is 359 g/mol. The molecule has 0 bridgehead atoms. The van der Waals surface area contributed by atoms with E-state index in [0.29, 0.717) is 12.3 Å². The molecule has 6 heteroatoms. The van der Waals surface area contributed by atoms with Crippen molar-refractivity contribution < 1.29 is 4.79 Å². The lowest BCUT2D eigenvalue weighted by molar-refractivity contribution is -0.118. The van der Waals surface area contributed by atoms with Crippen LogP contribution in [0.25, 0.3) is 10.8 Å². The zero-order valence-electron chi connectivity index (χ0n) is 12.4. The molecule has 0 saturated heterocycles. The summed E-state index contributed by atoms with van der Waals surface area (Å²) < 4.78 is 0. The van der Waals surface area contributed by atoms with Crippen molar-refractivity contribution in [3.8, 4) is 0 Å². The zero-order chi connectivity index (χ0) is 15.1. The Morgan fingerprint density at radius 1 is 1.18 bits per heavy atom. The largest absolute Gasteiger partial charge is 0.355 e. The number of carbonyl (C=O) groups is 1. The summed E-state index contributed by atoms with van der Waals surface area (Å²) in [7, 11) is 1.90. The monoisotopic (exact) mass is 358 g/mol. The lowest BCUT2D eigenvalue weighted by Crippen LogP contribution is -2.27. The van der Waals surface area contributed by atoms with Gasteiger partial charge >= 0.3 is 0 Å². The molecule has 0 atom stereocenters. The molecular weight excluding hydrogens is 339 g/mol. The highest BCUT2D eigenvalue weighted by Gasteiger charge is 2.08. The van der Waals surface area contributed by atoms with Gasteiger partial charge in [0.2, 0.25) is 5.91 Å². The van der Waals surface area contributed by atoms with Crippen LogP contribution in [0.1, 0.15) is 6.42 Å². The summed E-state index contributed by atoms with van der Waals surface area (Å²) >= 11 is 7.80. The fraction of sp³-hybridized carbons (Fsp3) is 0.312. The van der Waals surface area contributed by atoms with Crippen molar-refractivity contribution >= 4 is 52.4 Å². The number of benzene rings is 2. The van der Waals surface area contributed by atoms with Gasteiger partial charge < -0.3 is 10.6 Å². The van der Waals surface area contributed by atoms with Gasteiger partial charge in [0, 0.05) is 21.8 Å². The van der Waals surface area contributed by atoms with Gasteiger partial charge in [0.15, 0.2) is 0 Å². The van der Waals surface area contributed by atoms with Gasteiger partial charge in [-0.15, -0.1) is 24.2 Å². The van der Waals surface area contributed by atoms with Crippen LogP contribution in [-0.4, -0.2) is 31.8 Å². The molecule has 1 amide bonds. The number of amides is 1. The Kier molecular flexibility index (Phi) is 8.64. The van der Waals surface area contributed by atoms with Crippen LogP contribution in [0, 0.1) is 0 Å². The fourth-order valence-electron chi connectivity index (χ4n) is 2.07.